The van der Waals surface area contributed by atoms with Crippen molar-refractivity contribution in [3.63, 3.8) is 0 Å². The van der Waals surface area contributed by atoms with Gasteiger partial charge in [-0.1, -0.05) is 77.9 Å². The van der Waals surface area contributed by atoms with Crippen LogP contribution in [0.15, 0.2) is 48.5 Å². The van der Waals surface area contributed by atoms with Crippen molar-refractivity contribution in [1.82, 2.24) is 0 Å². The molecule has 2 nitrogen and oxygen atoms in total. The van der Waals surface area contributed by atoms with Gasteiger partial charge in [0.05, 0.1) is 0 Å². The molecule has 0 amide bonds. The molecule has 0 saturated carbocycles. The Morgan fingerprint density at radius 3 is 1.57 bits per heavy atom. The average molecular weight is 322 g/mol. The summed E-state index contributed by atoms with van der Waals surface area (Å²) < 4.78 is 0. The molecule has 0 atom stereocenters. The molecule has 3 heteroatoms. The number of aromatic hydroxyl groups is 1. The predicted octanol–water partition coefficient (Wildman–Crippen LogP) is 1.75. The topological polar surface area (TPSA) is 43.3 Å². The second-order valence-electron chi connectivity index (χ2n) is 7.57. The quantitative estimate of drug-likeness (QED) is 0.751. The van der Waals surface area contributed by atoms with Crippen molar-refractivity contribution in [3.8, 4) is 11.5 Å². The molecule has 23 heavy (non-hydrogen) atoms. The monoisotopic (exact) mass is 322 g/mol. The van der Waals surface area contributed by atoms with Crippen LogP contribution in [0.3, 0.4) is 0 Å². The summed E-state index contributed by atoms with van der Waals surface area (Å²) in [7, 11) is 0. The maximum absolute atomic E-state index is 10.7. The summed E-state index contributed by atoms with van der Waals surface area (Å²) in [5.74, 6) is 0.426. The smallest absolute Gasteiger partial charge is 0.872 e. The summed E-state index contributed by atoms with van der Waals surface area (Å²) in [6, 6.07) is 14.4. The first kappa shape index (κ1) is 22.0. The van der Waals surface area contributed by atoms with Gasteiger partial charge in [0.25, 0.3) is 0 Å². The van der Waals surface area contributed by atoms with Crippen LogP contribution in [0.4, 0.5) is 0 Å². The minimum Gasteiger partial charge on any atom is -0.872 e. The molecule has 2 rings (SSSR count). The Kier molecular flexibility index (Phi) is 8.40. The van der Waals surface area contributed by atoms with Gasteiger partial charge >= 0.3 is 29.6 Å². The Hall–Kier alpha value is -0.960. The van der Waals surface area contributed by atoms with Crippen molar-refractivity contribution < 1.29 is 39.8 Å². The Morgan fingerprint density at radius 1 is 0.739 bits per heavy atom. The Balaban J connectivity index is 0.000000403. The summed E-state index contributed by atoms with van der Waals surface area (Å²) in [6.45, 7) is 12.8. The maximum Gasteiger partial charge on any atom is 1.00 e. The first-order chi connectivity index (χ1) is 10.00. The number of hydrogen-bond acceptors (Lipinski definition) is 2. The molecular weight excluding hydrogens is 295 g/mol. The average Bonchev–Trinajstić information content (AvgIpc) is 2.38. The van der Waals surface area contributed by atoms with E-state index in [4.69, 9.17) is 0 Å². The molecule has 2 aromatic rings. The largest absolute Gasteiger partial charge is 1.00 e. The van der Waals surface area contributed by atoms with Crippen molar-refractivity contribution >= 4 is 0 Å². The zero-order valence-corrected chi connectivity index (χ0v) is 17.5. The van der Waals surface area contributed by atoms with Gasteiger partial charge in [-0.25, -0.2) is 0 Å². The third-order valence-electron chi connectivity index (χ3n) is 3.43. The van der Waals surface area contributed by atoms with E-state index in [-0.39, 0.29) is 46.1 Å². The van der Waals surface area contributed by atoms with Crippen LogP contribution < -0.4 is 34.7 Å². The van der Waals surface area contributed by atoms with Crippen LogP contribution in [-0.2, 0) is 10.8 Å². The van der Waals surface area contributed by atoms with Crippen LogP contribution in [0, 0.1) is 0 Å². The van der Waals surface area contributed by atoms with E-state index in [0.717, 1.165) is 5.56 Å². The molecule has 0 fully saturated rings. The Bertz CT molecular complexity index is 590. The molecular formula is C20H27NaO2. The zero-order valence-electron chi connectivity index (χ0n) is 15.5. The number of rotatable bonds is 0. The summed E-state index contributed by atoms with van der Waals surface area (Å²) >= 11 is 0. The second-order valence-corrected chi connectivity index (χ2v) is 7.57. The third kappa shape index (κ3) is 7.92. The number of benzene rings is 2. The SMILES string of the molecule is CC(C)(C)c1ccc([O-])cc1.CC(C)(C)c1cccc(O)c1.[Na+]. The van der Waals surface area contributed by atoms with Crippen LogP contribution in [0.1, 0.15) is 52.7 Å². The van der Waals surface area contributed by atoms with E-state index in [1.54, 1.807) is 24.3 Å². The molecule has 0 aliphatic carbocycles. The van der Waals surface area contributed by atoms with Crippen LogP contribution in [0.25, 0.3) is 0 Å². The molecule has 0 aliphatic rings. The summed E-state index contributed by atoms with van der Waals surface area (Å²) in [5.41, 5.74) is 2.64. The van der Waals surface area contributed by atoms with E-state index >= 15 is 0 Å². The van der Waals surface area contributed by atoms with Gasteiger partial charge in [0.15, 0.2) is 0 Å². The first-order valence-electron chi connectivity index (χ1n) is 7.57. The standard InChI is InChI=1S/2C10H14O.Na/c1-10(2,3)8-4-6-9(11)7-5-8;1-10(2,3)8-5-4-6-9(11)7-8;/h2*4-7,11H,1-3H3;/q;;+1/p-1. The van der Waals surface area contributed by atoms with Gasteiger partial charge in [-0.15, -0.1) is 5.75 Å². The molecule has 0 aromatic heterocycles. The Labute approximate surface area is 162 Å². The van der Waals surface area contributed by atoms with E-state index in [1.807, 2.05) is 24.3 Å². The van der Waals surface area contributed by atoms with E-state index in [0.29, 0.717) is 5.75 Å². The van der Waals surface area contributed by atoms with Gasteiger partial charge < -0.3 is 10.2 Å². The molecule has 1 N–H and O–H groups in total. The number of phenolic OH excluding ortho intramolecular Hbond substituents is 1. The van der Waals surface area contributed by atoms with E-state index in [2.05, 4.69) is 41.5 Å². The van der Waals surface area contributed by atoms with Crippen molar-refractivity contribution in [1.29, 1.82) is 0 Å². The van der Waals surface area contributed by atoms with Gasteiger partial charge in [0, 0.05) is 0 Å². The van der Waals surface area contributed by atoms with Crippen LogP contribution >= 0.6 is 0 Å². The normalized spacial score (nSPS) is 11.0. The molecule has 0 aliphatic heterocycles. The third-order valence-corrected chi connectivity index (χ3v) is 3.43. The predicted molar refractivity (Wildman–Crippen MR) is 91.4 cm³/mol. The molecule has 0 saturated heterocycles. The first-order valence-corrected chi connectivity index (χ1v) is 7.57. The molecule has 0 heterocycles. The number of phenols is 1. The fraction of sp³-hybridized carbons (Fsp3) is 0.400. The minimum atomic E-state index is 0. The van der Waals surface area contributed by atoms with Crippen molar-refractivity contribution in [2.75, 3.05) is 0 Å². The molecule has 2 aromatic carbocycles. The molecule has 0 unspecified atom stereocenters. The van der Waals surface area contributed by atoms with E-state index < -0.39 is 0 Å². The van der Waals surface area contributed by atoms with Gasteiger partial charge in [0.1, 0.15) is 5.75 Å². The van der Waals surface area contributed by atoms with Gasteiger partial charge in [-0.2, -0.15) is 0 Å². The van der Waals surface area contributed by atoms with Crippen molar-refractivity contribution in [3.05, 3.63) is 59.7 Å². The summed E-state index contributed by atoms with van der Waals surface area (Å²) in [5, 5.41) is 19.9. The molecule has 120 valence electrons. The summed E-state index contributed by atoms with van der Waals surface area (Å²) in [6.07, 6.45) is 0. The molecule has 0 radical (unpaired) electrons. The van der Waals surface area contributed by atoms with Crippen molar-refractivity contribution in [2.45, 2.75) is 52.4 Å². The summed E-state index contributed by atoms with van der Waals surface area (Å²) in [4.78, 5) is 0. The minimum absolute atomic E-state index is 0. The Morgan fingerprint density at radius 2 is 1.22 bits per heavy atom. The van der Waals surface area contributed by atoms with Crippen LogP contribution in [-0.4, -0.2) is 5.11 Å². The van der Waals surface area contributed by atoms with Crippen LogP contribution in [0.5, 0.6) is 11.5 Å². The maximum atomic E-state index is 10.7. The van der Waals surface area contributed by atoms with Crippen molar-refractivity contribution in [2.24, 2.45) is 0 Å². The van der Waals surface area contributed by atoms with E-state index in [9.17, 15) is 10.2 Å². The van der Waals surface area contributed by atoms with E-state index in [1.165, 1.54) is 5.56 Å². The van der Waals surface area contributed by atoms with Gasteiger partial charge in [-0.05, 0) is 34.1 Å². The molecule has 0 spiro atoms. The second kappa shape index (κ2) is 8.77. The zero-order chi connectivity index (χ0) is 17.0. The fourth-order valence-electron chi connectivity index (χ4n) is 1.93. The van der Waals surface area contributed by atoms with Gasteiger partial charge in [-0.3, -0.25) is 0 Å². The number of hydrogen-bond donors (Lipinski definition) is 1. The fourth-order valence-corrected chi connectivity index (χ4v) is 1.93. The molecule has 0 bridgehead atoms. The van der Waals surface area contributed by atoms with Gasteiger partial charge in [0.2, 0.25) is 0 Å². The van der Waals surface area contributed by atoms with Crippen LogP contribution in [0.2, 0.25) is 0 Å².